The Labute approximate surface area is 362 Å². The number of imide groups is 1. The molecule has 6 rings (SSSR count). The number of nitrogens with two attached hydrogens (primary N) is 1. The Bertz CT molecular complexity index is 2200. The molecule has 0 unspecified atom stereocenters. The Hall–Kier alpha value is -6.38. The van der Waals surface area contributed by atoms with Crippen molar-refractivity contribution < 1.29 is 52.5 Å². The van der Waals surface area contributed by atoms with Crippen LogP contribution < -0.4 is 21.7 Å². The van der Waals surface area contributed by atoms with E-state index in [2.05, 4.69) is 25.9 Å². The molecule has 1 fully saturated rings. The lowest BCUT2D eigenvalue weighted by Crippen LogP contribution is -2.43. The molecule has 20 heteroatoms. The maximum atomic E-state index is 15.9. The Morgan fingerprint density at radius 1 is 0.984 bits per heavy atom. The second-order valence-electron chi connectivity index (χ2n) is 15.5. The highest BCUT2D eigenvalue weighted by atomic mass is 19.1. The Morgan fingerprint density at radius 3 is 2.44 bits per heavy atom. The average molecular weight is 874 g/mol. The molecule has 3 aliphatic heterocycles. The van der Waals surface area contributed by atoms with Crippen LogP contribution in [0, 0.1) is 5.82 Å². The quantitative estimate of drug-likeness (QED) is 0.0843. The number of aromatic nitrogens is 1. The van der Waals surface area contributed by atoms with E-state index in [4.69, 9.17) is 15.2 Å². The molecule has 7 amide bonds. The van der Waals surface area contributed by atoms with Crippen LogP contribution in [0.4, 0.5) is 15.8 Å². The van der Waals surface area contributed by atoms with E-state index in [-0.39, 0.29) is 125 Å². The van der Waals surface area contributed by atoms with Crippen molar-refractivity contribution in [3.8, 4) is 0 Å². The van der Waals surface area contributed by atoms with Crippen molar-refractivity contribution in [3.63, 3.8) is 0 Å². The van der Waals surface area contributed by atoms with Gasteiger partial charge in [0.15, 0.2) is 0 Å². The van der Waals surface area contributed by atoms with E-state index in [1.165, 1.54) is 17.0 Å². The van der Waals surface area contributed by atoms with Crippen LogP contribution in [-0.4, -0.2) is 144 Å². The molecule has 2 aromatic rings. The summed E-state index contributed by atoms with van der Waals surface area (Å²) in [5.41, 5.74) is 8.10. The van der Waals surface area contributed by atoms with Gasteiger partial charge in [-0.25, -0.2) is 9.38 Å². The summed E-state index contributed by atoms with van der Waals surface area (Å²) in [6.45, 7) is 3.12. The number of aliphatic hydroxyl groups excluding tert-OH is 1. The lowest BCUT2D eigenvalue weighted by atomic mass is 9.92. The number of anilines is 1. The summed E-state index contributed by atoms with van der Waals surface area (Å²) in [6.07, 6.45) is 7.31. The van der Waals surface area contributed by atoms with Gasteiger partial charge in [0.25, 0.3) is 11.8 Å². The topological polar surface area (TPSA) is 255 Å². The molecule has 4 aliphatic rings. The fraction of sp³-hybridized carbons (Fsp3) is 0.465. The second-order valence-corrected chi connectivity index (χ2v) is 15.5. The number of nitrogens with zero attached hydrogens (tertiary/aromatic N) is 5. The summed E-state index contributed by atoms with van der Waals surface area (Å²) in [6, 6.07) is 4.70. The molecule has 0 radical (unpaired) electrons. The molecule has 1 aromatic carbocycles. The number of rotatable bonds is 21. The first-order valence-electron chi connectivity index (χ1n) is 20.9. The fourth-order valence-electron chi connectivity index (χ4n) is 7.42. The summed E-state index contributed by atoms with van der Waals surface area (Å²) >= 11 is 0. The number of carbonyl (C=O) groups excluding carboxylic acids is 7. The summed E-state index contributed by atoms with van der Waals surface area (Å²) in [5.74, 6) is -3.47. The van der Waals surface area contributed by atoms with Crippen molar-refractivity contribution >= 4 is 64.6 Å². The van der Waals surface area contributed by atoms with Crippen LogP contribution in [0.2, 0.25) is 0 Å². The maximum absolute atomic E-state index is 15.9. The summed E-state index contributed by atoms with van der Waals surface area (Å²) in [4.78, 5) is 100. The number of nitrogens with one attached hydrogen (secondary N) is 3. The normalized spacial score (nSPS) is 16.0. The molecule has 0 atom stereocenters. The Balaban J connectivity index is 0.932. The van der Waals surface area contributed by atoms with Gasteiger partial charge in [0.05, 0.1) is 62.6 Å². The van der Waals surface area contributed by atoms with Gasteiger partial charge in [0.2, 0.25) is 29.5 Å². The average Bonchev–Trinajstić information content (AvgIpc) is 4.05. The van der Waals surface area contributed by atoms with Gasteiger partial charge in [-0.3, -0.25) is 43.4 Å². The summed E-state index contributed by atoms with van der Waals surface area (Å²) in [7, 11) is 0. The predicted octanol–water partition coefficient (Wildman–Crippen LogP) is 0.363. The number of benzene rings is 1. The van der Waals surface area contributed by atoms with Gasteiger partial charge in [-0.2, -0.15) is 0 Å². The van der Waals surface area contributed by atoms with E-state index >= 15 is 4.39 Å². The van der Waals surface area contributed by atoms with Gasteiger partial charge in [-0.1, -0.05) is 6.92 Å². The molecule has 1 aliphatic carbocycles. The molecular formula is C43H52FN9O10. The second kappa shape index (κ2) is 21.1. The summed E-state index contributed by atoms with van der Waals surface area (Å²) < 4.78 is 26.7. The van der Waals surface area contributed by atoms with Gasteiger partial charge in [0, 0.05) is 81.0 Å². The fourth-order valence-corrected chi connectivity index (χ4v) is 7.42. The number of fused-ring (bicyclic) bond motifs is 2. The van der Waals surface area contributed by atoms with Gasteiger partial charge >= 0.3 is 0 Å². The molecule has 6 N–H and O–H groups in total. The number of aliphatic hydroxyl groups is 1. The minimum Gasteiger partial charge on any atom is -0.395 e. The molecular weight excluding hydrogens is 822 g/mol. The number of pyridine rings is 1. The minimum atomic E-state index is -1.02. The van der Waals surface area contributed by atoms with Crippen molar-refractivity contribution in [2.24, 2.45) is 10.7 Å². The van der Waals surface area contributed by atoms with Gasteiger partial charge < -0.3 is 46.1 Å². The number of halogens is 1. The third-order valence-electron chi connectivity index (χ3n) is 10.9. The number of hydrogen-bond donors (Lipinski definition) is 5. The Kier molecular flexibility index (Phi) is 15.5. The molecule has 0 bridgehead atoms. The molecule has 19 nitrogen and oxygen atoms in total. The van der Waals surface area contributed by atoms with Crippen LogP contribution >= 0.6 is 0 Å². The SMILES string of the molecule is CCCN(CCO)C(=O)C1=Cc2c(F)cc(C3(C(=O)Nc4cnc5c(c4)CN(C(=O)CNC(=O)CCOCCOCCNC(=O)CN4C(=O)C=CC4=O)CC5)CC3)cc2N=C(N)C1. The third kappa shape index (κ3) is 11.8. The monoisotopic (exact) mass is 873 g/mol. The zero-order chi connectivity index (χ0) is 45.1. The van der Waals surface area contributed by atoms with Crippen molar-refractivity contribution in [2.45, 2.75) is 57.4 Å². The molecule has 1 aromatic heterocycles. The van der Waals surface area contributed by atoms with Crippen LogP contribution in [0.25, 0.3) is 6.08 Å². The van der Waals surface area contributed by atoms with E-state index in [0.29, 0.717) is 50.0 Å². The van der Waals surface area contributed by atoms with Crippen LogP contribution in [0.3, 0.4) is 0 Å². The minimum absolute atomic E-state index is 0.00155. The Morgan fingerprint density at radius 2 is 1.73 bits per heavy atom. The van der Waals surface area contributed by atoms with Crippen molar-refractivity contribution in [1.82, 2.24) is 30.3 Å². The van der Waals surface area contributed by atoms with Crippen molar-refractivity contribution in [1.29, 1.82) is 0 Å². The first kappa shape index (κ1) is 46.1. The van der Waals surface area contributed by atoms with Crippen molar-refractivity contribution in [2.75, 3.05) is 77.6 Å². The molecule has 63 heavy (non-hydrogen) atoms. The highest BCUT2D eigenvalue weighted by molar-refractivity contribution is 6.14. The number of carbonyl (C=O) groups is 7. The highest BCUT2D eigenvalue weighted by Gasteiger charge is 2.52. The first-order chi connectivity index (χ1) is 30.3. The first-order valence-corrected chi connectivity index (χ1v) is 20.9. The van der Waals surface area contributed by atoms with E-state index in [0.717, 1.165) is 28.3 Å². The van der Waals surface area contributed by atoms with Gasteiger partial charge in [-0.15, -0.1) is 0 Å². The van der Waals surface area contributed by atoms with Crippen molar-refractivity contribution in [3.05, 3.63) is 70.3 Å². The predicted molar refractivity (Wildman–Crippen MR) is 225 cm³/mol. The number of hydrogen-bond acceptors (Lipinski definition) is 13. The van der Waals surface area contributed by atoms with Crippen LogP contribution in [0.15, 0.2) is 47.1 Å². The number of ether oxygens (including phenoxy) is 2. The van der Waals surface area contributed by atoms with E-state index in [9.17, 15) is 38.7 Å². The number of amidine groups is 1. The zero-order valence-corrected chi connectivity index (χ0v) is 35.1. The van der Waals surface area contributed by atoms with Crippen LogP contribution in [0.5, 0.6) is 0 Å². The lowest BCUT2D eigenvalue weighted by Gasteiger charge is -2.29. The molecule has 336 valence electrons. The molecule has 4 heterocycles. The largest absolute Gasteiger partial charge is 0.395 e. The van der Waals surface area contributed by atoms with Crippen LogP contribution in [0.1, 0.15) is 61.4 Å². The molecule has 0 saturated heterocycles. The number of amides is 7. The van der Waals surface area contributed by atoms with Gasteiger partial charge in [0.1, 0.15) is 18.2 Å². The van der Waals surface area contributed by atoms with Crippen LogP contribution in [-0.2, 0) is 61.4 Å². The van der Waals surface area contributed by atoms with E-state index < -0.39 is 29.0 Å². The third-order valence-corrected chi connectivity index (χ3v) is 10.9. The van der Waals surface area contributed by atoms with Gasteiger partial charge in [-0.05, 0) is 54.7 Å². The number of aliphatic imine (C=N–C) groups is 1. The van der Waals surface area contributed by atoms with E-state index in [1.807, 2.05) is 6.92 Å². The molecule has 0 spiro atoms. The zero-order valence-electron chi connectivity index (χ0n) is 35.1. The highest BCUT2D eigenvalue weighted by Crippen LogP contribution is 2.51. The smallest absolute Gasteiger partial charge is 0.254 e. The van der Waals surface area contributed by atoms with E-state index in [1.54, 1.807) is 23.2 Å². The standard InChI is InChI=1S/C43H52FN9O10/c1-2-10-51(12-13-54)41(60)27-19-31-32(44)21-29(22-34(31)50-35(45)20-27)43(7-8-43)42(61)49-30-18-28-25-52(11-5-33(28)47-23-30)40(59)24-48-36(55)6-14-62-16-17-63-15-9-46-37(56)26-53-38(57)3-4-39(53)58/h3-4,18-19,21-23,54H,2,5-17,20,24-26H2,1H3,(H2,45,50)(H,46,56)(H,48,55)(H,49,61). The summed E-state index contributed by atoms with van der Waals surface area (Å²) in [5, 5.41) is 17.6. The lowest BCUT2D eigenvalue weighted by molar-refractivity contribution is -0.141. The molecule has 1 saturated carbocycles. The maximum Gasteiger partial charge on any atom is 0.254 e.